The molecule has 1 aliphatic heterocycles. The van der Waals surface area contributed by atoms with E-state index in [2.05, 4.69) is 28.0 Å². The van der Waals surface area contributed by atoms with Crippen molar-refractivity contribution in [2.45, 2.75) is 0 Å². The molecule has 1 aromatic carbocycles. The Bertz CT molecular complexity index is 897. The zero-order valence-corrected chi connectivity index (χ0v) is 15.7. The van der Waals surface area contributed by atoms with Crippen LogP contribution in [0.1, 0.15) is 0 Å². The van der Waals surface area contributed by atoms with Gasteiger partial charge in [0.25, 0.3) is 0 Å². The minimum atomic E-state index is 0.694. The van der Waals surface area contributed by atoms with Crippen LogP contribution in [0.2, 0.25) is 5.02 Å². The number of likely N-dealkylation sites (N-methyl/N-ethyl adjacent to an activating group) is 1. The molecular weight excluding hydrogens is 348 g/mol. The molecule has 0 spiro atoms. The van der Waals surface area contributed by atoms with Gasteiger partial charge in [-0.25, -0.2) is 9.97 Å². The van der Waals surface area contributed by atoms with Gasteiger partial charge in [-0.15, -0.1) is 0 Å². The van der Waals surface area contributed by atoms with Gasteiger partial charge in [-0.1, -0.05) is 23.7 Å². The lowest BCUT2D eigenvalue weighted by Crippen LogP contribution is -2.44. The first-order chi connectivity index (χ1) is 12.6. The number of hydrogen-bond acceptors (Lipinski definition) is 5. The second kappa shape index (κ2) is 7.05. The Hall–Kier alpha value is -2.44. The SMILES string of the molecule is CN1CCN(c2cc(-c3ccc(Cl)cc3)nc(-c3cnn(C)c3)n2)CC1. The highest BCUT2D eigenvalue weighted by molar-refractivity contribution is 6.30. The van der Waals surface area contributed by atoms with Crippen LogP contribution >= 0.6 is 11.6 Å². The molecule has 0 N–H and O–H groups in total. The fourth-order valence-corrected chi connectivity index (χ4v) is 3.19. The summed E-state index contributed by atoms with van der Waals surface area (Å²) in [5.41, 5.74) is 2.83. The lowest BCUT2D eigenvalue weighted by Gasteiger charge is -2.33. The van der Waals surface area contributed by atoms with Gasteiger partial charge in [-0.3, -0.25) is 4.68 Å². The van der Waals surface area contributed by atoms with E-state index in [9.17, 15) is 0 Å². The van der Waals surface area contributed by atoms with Crippen LogP contribution < -0.4 is 4.90 Å². The van der Waals surface area contributed by atoms with Crippen LogP contribution in [0.3, 0.4) is 0 Å². The van der Waals surface area contributed by atoms with Crippen molar-refractivity contribution in [2.75, 3.05) is 38.1 Å². The quantitative estimate of drug-likeness (QED) is 0.711. The number of aryl methyl sites for hydroxylation is 1. The molecule has 2 aromatic heterocycles. The van der Waals surface area contributed by atoms with Gasteiger partial charge < -0.3 is 9.80 Å². The molecule has 7 heteroatoms. The van der Waals surface area contributed by atoms with Crippen LogP contribution in [0.25, 0.3) is 22.6 Å². The van der Waals surface area contributed by atoms with Crippen molar-refractivity contribution in [1.29, 1.82) is 0 Å². The molecule has 26 heavy (non-hydrogen) atoms. The van der Waals surface area contributed by atoms with Gasteiger partial charge in [-0.05, 0) is 19.2 Å². The van der Waals surface area contributed by atoms with Gasteiger partial charge >= 0.3 is 0 Å². The molecule has 3 heterocycles. The van der Waals surface area contributed by atoms with E-state index in [1.165, 1.54) is 0 Å². The predicted molar refractivity (Wildman–Crippen MR) is 104 cm³/mol. The van der Waals surface area contributed by atoms with E-state index in [0.29, 0.717) is 5.82 Å². The fraction of sp³-hybridized carbons (Fsp3) is 0.316. The topological polar surface area (TPSA) is 50.1 Å². The molecule has 4 rings (SSSR count). The van der Waals surface area contributed by atoms with E-state index in [0.717, 1.165) is 53.8 Å². The van der Waals surface area contributed by atoms with Crippen LogP contribution in [0.15, 0.2) is 42.7 Å². The summed E-state index contributed by atoms with van der Waals surface area (Å²) in [4.78, 5) is 14.3. The zero-order valence-electron chi connectivity index (χ0n) is 14.9. The molecule has 0 aliphatic carbocycles. The summed E-state index contributed by atoms with van der Waals surface area (Å²) in [6, 6.07) is 9.82. The minimum absolute atomic E-state index is 0.694. The molecule has 1 aliphatic rings. The summed E-state index contributed by atoms with van der Waals surface area (Å²) >= 11 is 6.04. The van der Waals surface area contributed by atoms with Gasteiger partial charge in [-0.2, -0.15) is 5.10 Å². The molecule has 1 saturated heterocycles. The molecule has 134 valence electrons. The molecule has 3 aromatic rings. The minimum Gasteiger partial charge on any atom is -0.354 e. The van der Waals surface area contributed by atoms with E-state index in [-0.39, 0.29) is 0 Å². The average Bonchev–Trinajstić information content (AvgIpc) is 3.09. The predicted octanol–water partition coefficient (Wildman–Crippen LogP) is 2.95. The lowest BCUT2D eigenvalue weighted by atomic mass is 10.1. The first-order valence-electron chi connectivity index (χ1n) is 8.66. The molecule has 0 bridgehead atoms. The highest BCUT2D eigenvalue weighted by Crippen LogP contribution is 2.27. The number of rotatable bonds is 3. The standard InChI is InChI=1S/C19H21ClN6/c1-24-7-9-26(10-8-24)18-11-17(14-3-5-16(20)6-4-14)22-19(23-18)15-12-21-25(2)13-15/h3-6,11-13H,7-10H2,1-2H3. The smallest absolute Gasteiger partial charge is 0.165 e. The maximum Gasteiger partial charge on any atom is 0.165 e. The Kier molecular flexibility index (Phi) is 4.61. The molecule has 0 atom stereocenters. The molecular formula is C19H21ClN6. The normalized spacial score (nSPS) is 15.4. The Morgan fingerprint density at radius 1 is 0.923 bits per heavy atom. The maximum atomic E-state index is 6.04. The third-order valence-electron chi connectivity index (χ3n) is 4.64. The van der Waals surface area contributed by atoms with Gasteiger partial charge in [0.1, 0.15) is 5.82 Å². The molecule has 0 unspecified atom stereocenters. The Morgan fingerprint density at radius 2 is 1.65 bits per heavy atom. The Morgan fingerprint density at radius 3 is 2.31 bits per heavy atom. The number of anilines is 1. The van der Waals surface area contributed by atoms with Crippen LogP contribution in [0.5, 0.6) is 0 Å². The van der Waals surface area contributed by atoms with E-state index in [1.54, 1.807) is 10.9 Å². The first kappa shape index (κ1) is 17.0. The van der Waals surface area contributed by atoms with E-state index < -0.39 is 0 Å². The van der Waals surface area contributed by atoms with Crippen molar-refractivity contribution < 1.29 is 0 Å². The summed E-state index contributed by atoms with van der Waals surface area (Å²) in [6.45, 7) is 3.98. The number of benzene rings is 1. The van der Waals surface area contributed by atoms with E-state index >= 15 is 0 Å². The first-order valence-corrected chi connectivity index (χ1v) is 9.04. The molecule has 6 nitrogen and oxygen atoms in total. The van der Waals surface area contributed by atoms with Crippen LogP contribution in [-0.4, -0.2) is 57.9 Å². The van der Waals surface area contributed by atoms with E-state index in [4.69, 9.17) is 21.6 Å². The van der Waals surface area contributed by atoms with Crippen molar-refractivity contribution in [3.8, 4) is 22.6 Å². The number of nitrogens with zero attached hydrogens (tertiary/aromatic N) is 6. The monoisotopic (exact) mass is 368 g/mol. The zero-order chi connectivity index (χ0) is 18.1. The van der Waals surface area contributed by atoms with Crippen LogP contribution in [0, 0.1) is 0 Å². The maximum absolute atomic E-state index is 6.04. The summed E-state index contributed by atoms with van der Waals surface area (Å²) in [6.07, 6.45) is 3.74. The summed E-state index contributed by atoms with van der Waals surface area (Å²) < 4.78 is 1.77. The van der Waals surface area contributed by atoms with Crippen molar-refractivity contribution in [3.05, 3.63) is 47.7 Å². The number of hydrogen-bond donors (Lipinski definition) is 0. The Labute approximate surface area is 158 Å². The third-order valence-corrected chi connectivity index (χ3v) is 4.89. The Balaban J connectivity index is 1.77. The molecule has 1 fully saturated rings. The van der Waals surface area contributed by atoms with Crippen molar-refractivity contribution in [2.24, 2.45) is 7.05 Å². The lowest BCUT2D eigenvalue weighted by molar-refractivity contribution is 0.312. The number of piperazine rings is 1. The van der Waals surface area contributed by atoms with Crippen LogP contribution in [0.4, 0.5) is 5.82 Å². The molecule has 0 saturated carbocycles. The van der Waals surface area contributed by atoms with Gasteiger partial charge in [0.2, 0.25) is 0 Å². The number of aromatic nitrogens is 4. The van der Waals surface area contributed by atoms with Gasteiger partial charge in [0, 0.05) is 56.1 Å². The highest BCUT2D eigenvalue weighted by Gasteiger charge is 2.18. The van der Waals surface area contributed by atoms with Gasteiger partial charge in [0.05, 0.1) is 17.5 Å². The molecule has 0 radical (unpaired) electrons. The molecule has 0 amide bonds. The average molecular weight is 369 g/mol. The van der Waals surface area contributed by atoms with Crippen LogP contribution in [-0.2, 0) is 7.05 Å². The second-order valence-electron chi connectivity index (χ2n) is 6.63. The second-order valence-corrected chi connectivity index (χ2v) is 7.07. The summed E-state index contributed by atoms with van der Waals surface area (Å²) in [5, 5.41) is 4.98. The third kappa shape index (κ3) is 3.57. The van der Waals surface area contributed by atoms with Crippen molar-refractivity contribution in [3.63, 3.8) is 0 Å². The summed E-state index contributed by atoms with van der Waals surface area (Å²) in [7, 11) is 4.05. The van der Waals surface area contributed by atoms with Crippen molar-refractivity contribution >= 4 is 17.4 Å². The van der Waals surface area contributed by atoms with Crippen molar-refractivity contribution in [1.82, 2.24) is 24.6 Å². The largest absolute Gasteiger partial charge is 0.354 e. The van der Waals surface area contributed by atoms with Gasteiger partial charge in [0.15, 0.2) is 5.82 Å². The summed E-state index contributed by atoms with van der Waals surface area (Å²) in [5.74, 6) is 1.65. The number of halogens is 1. The highest BCUT2D eigenvalue weighted by atomic mass is 35.5. The fourth-order valence-electron chi connectivity index (χ4n) is 3.07. The van der Waals surface area contributed by atoms with E-state index in [1.807, 2.05) is 37.5 Å².